The van der Waals surface area contributed by atoms with E-state index in [1.807, 2.05) is 12.1 Å². The van der Waals surface area contributed by atoms with Crippen LogP contribution in [0.25, 0.3) is 0 Å². The number of nitrogens with zero attached hydrogens (tertiary/aromatic N) is 3. The van der Waals surface area contributed by atoms with E-state index in [0.717, 1.165) is 17.1 Å². The molecule has 0 saturated carbocycles. The lowest BCUT2D eigenvalue weighted by Crippen LogP contribution is -2.24. The van der Waals surface area contributed by atoms with Gasteiger partial charge in [0, 0.05) is 31.5 Å². The standard InChI is InChI=1S/C16H18N4O2S/c1-3-11-4-6-13(7-5-11)20-9-12(8-14(20)22)15-18-19-16(23-15)17-10(2)21/h4-7,12H,3,8-9H2,1-2H3,(H,17,19,21)/t12-/m0/s1. The first kappa shape index (κ1) is 15.6. The minimum Gasteiger partial charge on any atom is -0.312 e. The zero-order valence-electron chi connectivity index (χ0n) is 13.1. The maximum Gasteiger partial charge on any atom is 0.227 e. The van der Waals surface area contributed by atoms with E-state index >= 15 is 0 Å². The summed E-state index contributed by atoms with van der Waals surface area (Å²) < 4.78 is 0. The van der Waals surface area contributed by atoms with E-state index in [1.54, 1.807) is 4.90 Å². The van der Waals surface area contributed by atoms with Gasteiger partial charge in [-0.1, -0.05) is 30.4 Å². The Kier molecular flexibility index (Phi) is 4.38. The third kappa shape index (κ3) is 3.39. The average Bonchev–Trinajstić information content (AvgIpc) is 3.13. The van der Waals surface area contributed by atoms with Crippen LogP contribution in [0, 0.1) is 0 Å². The van der Waals surface area contributed by atoms with Crippen molar-refractivity contribution < 1.29 is 9.59 Å². The minimum absolute atomic E-state index is 0.0216. The van der Waals surface area contributed by atoms with E-state index in [4.69, 9.17) is 0 Å². The maximum absolute atomic E-state index is 12.3. The Labute approximate surface area is 138 Å². The van der Waals surface area contributed by atoms with Crippen LogP contribution < -0.4 is 10.2 Å². The molecule has 2 aromatic rings. The normalized spacial score (nSPS) is 17.6. The molecule has 1 fully saturated rings. The topological polar surface area (TPSA) is 75.2 Å². The number of carbonyl (C=O) groups excluding carboxylic acids is 2. The van der Waals surface area contributed by atoms with Gasteiger partial charge in [-0.3, -0.25) is 9.59 Å². The second kappa shape index (κ2) is 6.45. The van der Waals surface area contributed by atoms with Crippen molar-refractivity contribution in [3.8, 4) is 0 Å². The van der Waals surface area contributed by atoms with Gasteiger partial charge in [0.1, 0.15) is 5.01 Å². The molecule has 1 N–H and O–H groups in total. The van der Waals surface area contributed by atoms with Gasteiger partial charge in [-0.25, -0.2) is 0 Å². The number of anilines is 2. The molecule has 1 aliphatic heterocycles. The van der Waals surface area contributed by atoms with E-state index in [-0.39, 0.29) is 17.7 Å². The number of benzene rings is 1. The molecule has 0 spiro atoms. The Morgan fingerprint density at radius 1 is 1.35 bits per heavy atom. The largest absolute Gasteiger partial charge is 0.312 e. The zero-order valence-corrected chi connectivity index (χ0v) is 13.9. The van der Waals surface area contributed by atoms with Crippen molar-refractivity contribution in [3.05, 3.63) is 34.8 Å². The summed E-state index contributed by atoms with van der Waals surface area (Å²) in [6, 6.07) is 8.08. The summed E-state index contributed by atoms with van der Waals surface area (Å²) >= 11 is 1.33. The van der Waals surface area contributed by atoms with Crippen molar-refractivity contribution >= 4 is 34.0 Å². The van der Waals surface area contributed by atoms with Gasteiger partial charge in [-0.2, -0.15) is 0 Å². The van der Waals surface area contributed by atoms with Crippen LogP contribution >= 0.6 is 11.3 Å². The summed E-state index contributed by atoms with van der Waals surface area (Å²) in [5, 5.41) is 12.0. The third-order valence-electron chi connectivity index (χ3n) is 3.85. The van der Waals surface area contributed by atoms with Crippen LogP contribution in [0.15, 0.2) is 24.3 Å². The lowest BCUT2D eigenvalue weighted by molar-refractivity contribution is -0.117. The van der Waals surface area contributed by atoms with E-state index in [2.05, 4.69) is 34.6 Å². The van der Waals surface area contributed by atoms with Crippen LogP contribution in [0.4, 0.5) is 10.8 Å². The molecular weight excluding hydrogens is 312 g/mol. The molecule has 1 aromatic carbocycles. The van der Waals surface area contributed by atoms with Crippen LogP contribution in [-0.4, -0.2) is 28.6 Å². The first-order valence-electron chi connectivity index (χ1n) is 7.57. The number of hydrogen-bond acceptors (Lipinski definition) is 5. The highest BCUT2D eigenvalue weighted by Crippen LogP contribution is 2.34. The predicted molar refractivity (Wildman–Crippen MR) is 89.7 cm³/mol. The Morgan fingerprint density at radius 2 is 2.09 bits per heavy atom. The number of aryl methyl sites for hydroxylation is 1. The SMILES string of the molecule is CCc1ccc(N2C[C@@H](c3nnc(NC(C)=O)s3)CC2=O)cc1. The van der Waals surface area contributed by atoms with Crippen molar-refractivity contribution in [2.24, 2.45) is 0 Å². The lowest BCUT2D eigenvalue weighted by Gasteiger charge is -2.16. The number of nitrogens with one attached hydrogen (secondary N) is 1. The fraction of sp³-hybridized carbons (Fsp3) is 0.375. The number of aromatic nitrogens is 2. The molecule has 3 rings (SSSR count). The summed E-state index contributed by atoms with van der Waals surface area (Å²) in [6.07, 6.45) is 1.40. The van der Waals surface area contributed by atoms with Crippen molar-refractivity contribution in [2.75, 3.05) is 16.8 Å². The van der Waals surface area contributed by atoms with Gasteiger partial charge < -0.3 is 10.2 Å². The van der Waals surface area contributed by atoms with Gasteiger partial charge in [-0.05, 0) is 24.1 Å². The fourth-order valence-electron chi connectivity index (χ4n) is 2.63. The molecule has 0 aliphatic carbocycles. The summed E-state index contributed by atoms with van der Waals surface area (Å²) in [5.74, 6) is -0.0586. The zero-order chi connectivity index (χ0) is 16.4. The van der Waals surface area contributed by atoms with E-state index in [1.165, 1.54) is 23.8 Å². The molecule has 1 aromatic heterocycles. The van der Waals surface area contributed by atoms with Crippen LogP contribution in [0.1, 0.15) is 36.8 Å². The first-order valence-corrected chi connectivity index (χ1v) is 8.38. The van der Waals surface area contributed by atoms with Crippen LogP contribution in [0.5, 0.6) is 0 Å². The molecule has 1 atom stereocenters. The van der Waals surface area contributed by atoms with Gasteiger partial charge >= 0.3 is 0 Å². The van der Waals surface area contributed by atoms with Crippen molar-refractivity contribution in [3.63, 3.8) is 0 Å². The highest BCUT2D eigenvalue weighted by atomic mass is 32.1. The van der Waals surface area contributed by atoms with Crippen molar-refractivity contribution in [1.82, 2.24) is 10.2 Å². The Balaban J connectivity index is 1.73. The molecule has 1 saturated heterocycles. The van der Waals surface area contributed by atoms with Crippen LogP contribution in [-0.2, 0) is 16.0 Å². The third-order valence-corrected chi connectivity index (χ3v) is 4.86. The quantitative estimate of drug-likeness (QED) is 0.935. The van der Waals surface area contributed by atoms with Gasteiger partial charge in [0.25, 0.3) is 0 Å². The Hall–Kier alpha value is -2.28. The minimum atomic E-state index is -0.173. The highest BCUT2D eigenvalue weighted by Gasteiger charge is 2.33. The molecule has 7 heteroatoms. The van der Waals surface area contributed by atoms with Crippen molar-refractivity contribution in [2.45, 2.75) is 32.6 Å². The summed E-state index contributed by atoms with van der Waals surface area (Å²) in [4.78, 5) is 25.2. The Morgan fingerprint density at radius 3 is 2.74 bits per heavy atom. The molecule has 2 amide bonds. The van der Waals surface area contributed by atoms with Gasteiger partial charge in [-0.15, -0.1) is 10.2 Å². The molecular formula is C16H18N4O2S. The second-order valence-electron chi connectivity index (χ2n) is 5.55. The fourth-order valence-corrected chi connectivity index (χ4v) is 3.52. The summed E-state index contributed by atoms with van der Waals surface area (Å²) in [6.45, 7) is 4.13. The van der Waals surface area contributed by atoms with Gasteiger partial charge in [0.05, 0.1) is 0 Å². The molecule has 6 nitrogen and oxygen atoms in total. The van der Waals surface area contributed by atoms with E-state index in [9.17, 15) is 9.59 Å². The van der Waals surface area contributed by atoms with Gasteiger partial charge in [0.2, 0.25) is 16.9 Å². The molecule has 2 heterocycles. The average molecular weight is 330 g/mol. The lowest BCUT2D eigenvalue weighted by atomic mass is 10.1. The van der Waals surface area contributed by atoms with E-state index < -0.39 is 0 Å². The van der Waals surface area contributed by atoms with E-state index in [0.29, 0.717) is 18.1 Å². The summed E-state index contributed by atoms with van der Waals surface area (Å²) in [7, 11) is 0. The number of carbonyl (C=O) groups is 2. The number of rotatable bonds is 4. The number of amides is 2. The van der Waals surface area contributed by atoms with Crippen LogP contribution in [0.2, 0.25) is 0 Å². The molecule has 1 aliphatic rings. The second-order valence-corrected chi connectivity index (χ2v) is 6.56. The monoisotopic (exact) mass is 330 g/mol. The maximum atomic E-state index is 12.3. The predicted octanol–water partition coefficient (Wildman–Crippen LogP) is 2.58. The Bertz CT molecular complexity index is 726. The molecule has 23 heavy (non-hydrogen) atoms. The number of hydrogen-bond donors (Lipinski definition) is 1. The molecule has 0 radical (unpaired) electrons. The van der Waals surface area contributed by atoms with Gasteiger partial charge in [0.15, 0.2) is 0 Å². The molecule has 0 bridgehead atoms. The molecule has 0 unspecified atom stereocenters. The van der Waals surface area contributed by atoms with Crippen LogP contribution in [0.3, 0.4) is 0 Å². The molecule has 120 valence electrons. The highest BCUT2D eigenvalue weighted by molar-refractivity contribution is 7.15. The summed E-state index contributed by atoms with van der Waals surface area (Å²) in [5.41, 5.74) is 2.17. The van der Waals surface area contributed by atoms with Crippen molar-refractivity contribution in [1.29, 1.82) is 0 Å². The first-order chi connectivity index (χ1) is 11.1. The smallest absolute Gasteiger partial charge is 0.227 e.